The van der Waals surface area contributed by atoms with E-state index >= 15 is 0 Å². The highest BCUT2D eigenvalue weighted by Crippen LogP contribution is 2.29. The number of methoxy groups -OCH3 is 1. The summed E-state index contributed by atoms with van der Waals surface area (Å²) < 4.78 is 29.1. The summed E-state index contributed by atoms with van der Waals surface area (Å²) in [6.07, 6.45) is 34.8. The Hall–Kier alpha value is -3.83. The van der Waals surface area contributed by atoms with Crippen molar-refractivity contribution in [2.45, 2.75) is 347 Å². The molecule has 0 unspecified atom stereocenters. The molecule has 8 atom stereocenters. The fourth-order valence-corrected chi connectivity index (χ4v) is 10.6. The van der Waals surface area contributed by atoms with Gasteiger partial charge in [-0.3, -0.25) is 33.6 Å². The van der Waals surface area contributed by atoms with Gasteiger partial charge in [0.15, 0.2) is 0 Å². The van der Waals surface area contributed by atoms with E-state index in [1.807, 2.05) is 0 Å². The van der Waals surface area contributed by atoms with Crippen LogP contribution in [-0.4, -0.2) is 109 Å². The van der Waals surface area contributed by atoms with Gasteiger partial charge in [0, 0.05) is 19.8 Å². The molecule has 1 fully saturated rings. The standard InChI is InChI=1S/C64H118N4O13/c1-8-11-14-17-20-23-26-29-31-34-37-40-43-52(44-41-38-35-32-30-27-24-21-18-15-12-9-2)63(76)81-64-57(67-51(6)69)59(79-50(5)62(75)66-49(4)61(74)68-53(60(65)73)46-47-55(70)77-7)58(72)54(80-64)48-78-56(71)45-42-39-36-33-28-25-22-19-16-13-10-3/h49-50,52-54,57-59,64,72H,8-48H2,1-7H3,(H2,65,73)(H,66,75)(H,67,69)(H,68,74)/t49-,50+,53+,54+,57+,58+,59+,64+/m0/s1. The number of nitrogens with one attached hydrogen (secondary N) is 3. The molecule has 472 valence electrons. The van der Waals surface area contributed by atoms with Crippen LogP contribution >= 0.6 is 0 Å². The van der Waals surface area contributed by atoms with Crippen LogP contribution in [0.1, 0.15) is 298 Å². The summed E-state index contributed by atoms with van der Waals surface area (Å²) in [5.74, 6) is -5.04. The van der Waals surface area contributed by atoms with Gasteiger partial charge in [-0.15, -0.1) is 0 Å². The van der Waals surface area contributed by atoms with Crippen LogP contribution in [0.25, 0.3) is 0 Å². The number of aliphatic hydroxyl groups excluding tert-OH is 1. The molecule has 0 spiro atoms. The molecule has 17 heteroatoms. The zero-order valence-electron chi connectivity index (χ0n) is 52.1. The van der Waals surface area contributed by atoms with Gasteiger partial charge in [0.25, 0.3) is 0 Å². The molecule has 0 aliphatic carbocycles. The lowest BCUT2D eigenvalue weighted by Gasteiger charge is -2.44. The number of rotatable bonds is 53. The van der Waals surface area contributed by atoms with Crippen LogP contribution in [0.15, 0.2) is 0 Å². The van der Waals surface area contributed by atoms with Crippen LogP contribution in [0.5, 0.6) is 0 Å². The SMILES string of the molecule is CCCCCCCCCCCCCCC(CCCCCCCCCCCCCC)C(=O)O[C@H]1O[C@H](COC(=O)CCCCCCCCCCCCC)[C@@H](O)[C@H](O[C@H](C)C(=O)N[C@@H](C)C(=O)N[C@H](CCC(=O)OC)C(N)=O)[C@H]1NC(C)=O. The number of hydrogen-bond acceptors (Lipinski definition) is 13. The van der Waals surface area contributed by atoms with Gasteiger partial charge >= 0.3 is 17.9 Å². The maximum atomic E-state index is 14.5. The Balaban J connectivity index is 3.27. The van der Waals surface area contributed by atoms with Gasteiger partial charge in [0.05, 0.1) is 13.0 Å². The Kier molecular flexibility index (Phi) is 46.0. The number of aliphatic hydroxyl groups is 1. The van der Waals surface area contributed by atoms with Gasteiger partial charge in [-0.05, 0) is 39.5 Å². The molecule has 0 aromatic heterocycles. The van der Waals surface area contributed by atoms with Crippen molar-refractivity contribution in [3.05, 3.63) is 0 Å². The molecule has 0 saturated carbocycles. The third kappa shape index (κ3) is 37.9. The van der Waals surface area contributed by atoms with Crippen molar-refractivity contribution in [2.75, 3.05) is 13.7 Å². The molecule has 0 radical (unpaired) electrons. The van der Waals surface area contributed by atoms with Crippen LogP contribution in [0.4, 0.5) is 0 Å². The summed E-state index contributed by atoms with van der Waals surface area (Å²) in [4.78, 5) is 91.3. The highest BCUT2D eigenvalue weighted by atomic mass is 16.7. The number of nitrogens with two attached hydrogens (primary N) is 1. The normalized spacial score (nSPS) is 18.2. The molecule has 0 aromatic rings. The lowest BCUT2D eigenvalue weighted by atomic mass is 9.93. The summed E-state index contributed by atoms with van der Waals surface area (Å²) >= 11 is 0. The molecule has 0 aromatic carbocycles. The summed E-state index contributed by atoms with van der Waals surface area (Å²) in [5.41, 5.74) is 5.48. The second kappa shape index (κ2) is 49.6. The topological polar surface area (TPSA) is 248 Å². The molecule has 6 N–H and O–H groups in total. The van der Waals surface area contributed by atoms with Crippen LogP contribution < -0.4 is 21.7 Å². The molecule has 0 bridgehead atoms. The molecule has 1 heterocycles. The first-order valence-corrected chi connectivity index (χ1v) is 32.7. The summed E-state index contributed by atoms with van der Waals surface area (Å²) in [6, 6.07) is -3.76. The number of esters is 3. The minimum atomic E-state index is -1.61. The summed E-state index contributed by atoms with van der Waals surface area (Å²) in [5, 5.41) is 19.7. The average Bonchev–Trinajstić information content (AvgIpc) is 3.52. The highest BCUT2D eigenvalue weighted by molar-refractivity contribution is 5.92. The predicted molar refractivity (Wildman–Crippen MR) is 320 cm³/mol. The smallest absolute Gasteiger partial charge is 0.311 e. The molecule has 1 aliphatic rings. The van der Waals surface area contributed by atoms with Crippen molar-refractivity contribution in [3.8, 4) is 0 Å². The molecule has 1 rings (SSSR count). The van der Waals surface area contributed by atoms with Crippen molar-refractivity contribution >= 4 is 41.5 Å². The average molecular weight is 1150 g/mol. The lowest BCUT2D eigenvalue weighted by Crippen LogP contribution is -2.66. The largest absolute Gasteiger partial charge is 0.469 e. The highest BCUT2D eigenvalue weighted by Gasteiger charge is 2.50. The van der Waals surface area contributed by atoms with Crippen molar-refractivity contribution in [2.24, 2.45) is 11.7 Å². The first-order chi connectivity index (χ1) is 39.1. The van der Waals surface area contributed by atoms with Crippen LogP contribution in [0, 0.1) is 5.92 Å². The van der Waals surface area contributed by atoms with E-state index < -0.39 is 103 Å². The van der Waals surface area contributed by atoms with E-state index in [1.54, 1.807) is 0 Å². The number of ether oxygens (including phenoxy) is 5. The molecule has 4 amide bonds. The van der Waals surface area contributed by atoms with Gasteiger partial charge < -0.3 is 50.5 Å². The molecule has 81 heavy (non-hydrogen) atoms. The lowest BCUT2D eigenvalue weighted by molar-refractivity contribution is -0.276. The van der Waals surface area contributed by atoms with E-state index in [1.165, 1.54) is 176 Å². The quantitative estimate of drug-likeness (QED) is 0.0216. The Labute approximate surface area is 490 Å². The Bertz CT molecular complexity index is 1640. The van der Waals surface area contributed by atoms with Gasteiger partial charge in [-0.1, -0.05) is 239 Å². The number of unbranched alkanes of at least 4 members (excludes halogenated alkanes) is 32. The Morgan fingerprint density at radius 3 is 1.37 bits per heavy atom. The molecule has 1 saturated heterocycles. The van der Waals surface area contributed by atoms with E-state index in [-0.39, 0.29) is 19.3 Å². The number of carbonyl (C=O) groups is 7. The Morgan fingerprint density at radius 2 is 0.963 bits per heavy atom. The first kappa shape index (κ1) is 75.2. The third-order valence-electron chi connectivity index (χ3n) is 15.8. The van der Waals surface area contributed by atoms with Crippen LogP contribution in [0.3, 0.4) is 0 Å². The van der Waals surface area contributed by atoms with E-state index in [4.69, 9.17) is 24.7 Å². The zero-order chi connectivity index (χ0) is 59.9. The van der Waals surface area contributed by atoms with E-state index in [0.717, 1.165) is 70.6 Å². The van der Waals surface area contributed by atoms with Crippen molar-refractivity contribution in [1.82, 2.24) is 16.0 Å². The number of hydrogen-bond donors (Lipinski definition) is 5. The van der Waals surface area contributed by atoms with Gasteiger partial charge in [-0.2, -0.15) is 0 Å². The predicted octanol–water partition coefficient (Wildman–Crippen LogP) is 12.4. The van der Waals surface area contributed by atoms with Gasteiger partial charge in [0.2, 0.25) is 29.9 Å². The summed E-state index contributed by atoms with van der Waals surface area (Å²) in [6.45, 7) is 10.3. The minimum absolute atomic E-state index is 0.124. The molecule has 17 nitrogen and oxygen atoms in total. The molecule has 1 aliphatic heterocycles. The van der Waals surface area contributed by atoms with Crippen molar-refractivity contribution < 1.29 is 62.4 Å². The maximum Gasteiger partial charge on any atom is 0.311 e. The fourth-order valence-electron chi connectivity index (χ4n) is 10.6. The Morgan fingerprint density at radius 1 is 0.543 bits per heavy atom. The fraction of sp³-hybridized carbons (Fsp3) is 0.891. The van der Waals surface area contributed by atoms with Gasteiger partial charge in [0.1, 0.15) is 49.1 Å². The number of primary amides is 1. The minimum Gasteiger partial charge on any atom is -0.469 e. The number of carbonyl (C=O) groups excluding carboxylic acids is 7. The van der Waals surface area contributed by atoms with E-state index in [9.17, 15) is 38.7 Å². The van der Waals surface area contributed by atoms with Crippen molar-refractivity contribution in [1.29, 1.82) is 0 Å². The molecular weight excluding hydrogens is 1030 g/mol. The van der Waals surface area contributed by atoms with E-state index in [2.05, 4.69) is 41.5 Å². The third-order valence-corrected chi connectivity index (χ3v) is 15.8. The first-order valence-electron chi connectivity index (χ1n) is 32.7. The second-order valence-corrected chi connectivity index (χ2v) is 23.3. The van der Waals surface area contributed by atoms with Crippen LogP contribution in [-0.2, 0) is 57.2 Å². The van der Waals surface area contributed by atoms with E-state index in [0.29, 0.717) is 19.3 Å². The number of amides is 4. The monoisotopic (exact) mass is 1150 g/mol. The van der Waals surface area contributed by atoms with Crippen molar-refractivity contribution in [3.63, 3.8) is 0 Å². The zero-order valence-corrected chi connectivity index (χ0v) is 52.1. The second-order valence-electron chi connectivity index (χ2n) is 23.3. The molecular formula is C64H118N4O13. The van der Waals surface area contributed by atoms with Gasteiger partial charge in [-0.25, -0.2) is 0 Å². The maximum absolute atomic E-state index is 14.5. The summed E-state index contributed by atoms with van der Waals surface area (Å²) in [7, 11) is 1.19. The van der Waals surface area contributed by atoms with Crippen LogP contribution in [0.2, 0.25) is 0 Å².